The molecule has 0 fully saturated rings. The fourth-order valence-electron chi connectivity index (χ4n) is 4.87. The van der Waals surface area contributed by atoms with Crippen LogP contribution in [0, 0.1) is 13.8 Å². The number of carbonyl (C=O) groups is 1. The first-order valence-corrected chi connectivity index (χ1v) is 11.4. The summed E-state index contributed by atoms with van der Waals surface area (Å²) < 4.78 is 1.37. The Morgan fingerprint density at radius 1 is 1.00 bits per heavy atom. The van der Waals surface area contributed by atoms with Gasteiger partial charge in [-0.2, -0.15) is 5.10 Å². The van der Waals surface area contributed by atoms with Crippen molar-refractivity contribution in [2.45, 2.75) is 46.2 Å². The van der Waals surface area contributed by atoms with E-state index in [0.717, 1.165) is 45.4 Å². The summed E-state index contributed by atoms with van der Waals surface area (Å²) in [6, 6.07) is 21.0. The van der Waals surface area contributed by atoms with Gasteiger partial charge in [-0.1, -0.05) is 54.1 Å². The van der Waals surface area contributed by atoms with Gasteiger partial charge in [-0.3, -0.25) is 9.59 Å². The summed E-state index contributed by atoms with van der Waals surface area (Å²) in [4.78, 5) is 29.0. The number of aryl methyl sites for hydroxylation is 2. The largest absolute Gasteiger partial charge is 0.307 e. The quantitative estimate of drug-likeness (QED) is 0.442. The van der Waals surface area contributed by atoms with Crippen LogP contribution in [0.5, 0.6) is 0 Å². The van der Waals surface area contributed by atoms with E-state index in [9.17, 15) is 9.59 Å². The topological polar surface area (TPSA) is 55.2 Å². The zero-order chi connectivity index (χ0) is 23.3. The third-order valence-electron chi connectivity index (χ3n) is 6.65. The Morgan fingerprint density at radius 2 is 1.70 bits per heavy atom. The number of rotatable bonds is 3. The molecule has 0 spiro atoms. The second kappa shape index (κ2) is 8.00. The van der Waals surface area contributed by atoms with Gasteiger partial charge in [0.25, 0.3) is 11.5 Å². The third-order valence-corrected chi connectivity index (χ3v) is 6.65. The fraction of sp³-hybridized carbons (Fsp3) is 0.250. The van der Waals surface area contributed by atoms with Crippen molar-refractivity contribution in [3.8, 4) is 11.3 Å². The molecule has 5 nitrogen and oxygen atoms in total. The highest BCUT2D eigenvalue weighted by molar-refractivity contribution is 5.99. The van der Waals surface area contributed by atoms with Crippen molar-refractivity contribution < 1.29 is 4.79 Å². The molecule has 1 aliphatic rings. The molecule has 3 aromatic carbocycles. The Morgan fingerprint density at radius 3 is 2.48 bits per heavy atom. The summed E-state index contributed by atoms with van der Waals surface area (Å²) in [6.45, 7) is 7.90. The van der Waals surface area contributed by atoms with E-state index in [1.54, 1.807) is 6.92 Å². The fourth-order valence-corrected chi connectivity index (χ4v) is 4.87. The summed E-state index contributed by atoms with van der Waals surface area (Å²) in [5.41, 5.74) is 5.71. The Hall–Kier alpha value is -3.73. The molecule has 2 atom stereocenters. The predicted molar refractivity (Wildman–Crippen MR) is 133 cm³/mol. The zero-order valence-corrected chi connectivity index (χ0v) is 19.4. The van der Waals surface area contributed by atoms with Gasteiger partial charge in [0, 0.05) is 22.7 Å². The van der Waals surface area contributed by atoms with E-state index in [2.05, 4.69) is 24.3 Å². The molecule has 2 unspecified atom stereocenters. The number of amides is 1. The Labute approximate surface area is 193 Å². The van der Waals surface area contributed by atoms with Crippen molar-refractivity contribution in [3.05, 3.63) is 93.8 Å². The molecule has 0 N–H and O–H groups in total. The highest BCUT2D eigenvalue weighted by atomic mass is 16.2. The average Bonchev–Trinajstić information content (AvgIpc) is 3.16. The molecular formula is C28H27N3O2. The van der Waals surface area contributed by atoms with E-state index in [1.165, 1.54) is 4.68 Å². The number of nitrogens with zero attached hydrogens (tertiary/aromatic N) is 3. The highest BCUT2D eigenvalue weighted by Gasteiger charge is 2.34. The molecular weight excluding hydrogens is 410 g/mol. The van der Waals surface area contributed by atoms with Crippen molar-refractivity contribution in [1.29, 1.82) is 0 Å². The number of para-hydroxylation sites is 1. The van der Waals surface area contributed by atoms with Gasteiger partial charge in [-0.05, 0) is 63.4 Å². The molecule has 0 radical (unpaired) electrons. The minimum atomic E-state index is -0.737. The van der Waals surface area contributed by atoms with Crippen molar-refractivity contribution in [2.75, 3.05) is 4.90 Å². The minimum Gasteiger partial charge on any atom is -0.307 e. The smallest absolute Gasteiger partial charge is 0.275 e. The van der Waals surface area contributed by atoms with E-state index in [4.69, 9.17) is 5.10 Å². The monoisotopic (exact) mass is 437 g/mol. The summed E-state index contributed by atoms with van der Waals surface area (Å²) in [7, 11) is 0. The first kappa shape index (κ1) is 21.1. The summed E-state index contributed by atoms with van der Waals surface area (Å²) in [5, 5.41) is 6.17. The molecule has 0 bridgehead atoms. The molecule has 33 heavy (non-hydrogen) atoms. The van der Waals surface area contributed by atoms with Crippen molar-refractivity contribution in [2.24, 2.45) is 0 Å². The Bertz CT molecular complexity index is 1450. The SMILES string of the molecule is Cc1ccc(C)c(-c2nn(C(C)C(=O)N3c4ccccc4CC3C)c(=O)c3ccccc23)c1. The Kier molecular flexibility index (Phi) is 5.12. The second-order valence-corrected chi connectivity index (χ2v) is 9.03. The summed E-state index contributed by atoms with van der Waals surface area (Å²) in [5.74, 6) is -0.121. The van der Waals surface area contributed by atoms with Crippen LogP contribution in [0.1, 0.15) is 36.6 Å². The van der Waals surface area contributed by atoms with Gasteiger partial charge < -0.3 is 4.90 Å². The summed E-state index contributed by atoms with van der Waals surface area (Å²) >= 11 is 0. The maximum absolute atomic E-state index is 13.7. The van der Waals surface area contributed by atoms with Crippen LogP contribution in [0.15, 0.2) is 71.5 Å². The van der Waals surface area contributed by atoms with Crippen LogP contribution < -0.4 is 10.5 Å². The van der Waals surface area contributed by atoms with Gasteiger partial charge in [-0.25, -0.2) is 4.68 Å². The number of fused-ring (bicyclic) bond motifs is 2. The molecule has 1 amide bonds. The second-order valence-electron chi connectivity index (χ2n) is 9.03. The normalized spacial score (nSPS) is 16.1. The van der Waals surface area contributed by atoms with Crippen LogP contribution in [-0.4, -0.2) is 21.7 Å². The predicted octanol–water partition coefficient (Wildman–Crippen LogP) is 5.22. The number of hydrogen-bond acceptors (Lipinski definition) is 3. The van der Waals surface area contributed by atoms with Gasteiger partial charge in [0.15, 0.2) is 0 Å². The molecule has 5 rings (SSSR count). The van der Waals surface area contributed by atoms with E-state index in [0.29, 0.717) is 5.39 Å². The van der Waals surface area contributed by atoms with E-state index in [-0.39, 0.29) is 17.5 Å². The van der Waals surface area contributed by atoms with Crippen LogP contribution in [0.2, 0.25) is 0 Å². The number of benzene rings is 3. The first-order chi connectivity index (χ1) is 15.9. The lowest BCUT2D eigenvalue weighted by Gasteiger charge is -2.27. The molecule has 0 saturated carbocycles. The number of anilines is 1. The van der Waals surface area contributed by atoms with Gasteiger partial charge in [-0.15, -0.1) is 0 Å². The van der Waals surface area contributed by atoms with Crippen molar-refractivity contribution >= 4 is 22.4 Å². The minimum absolute atomic E-state index is 0.0343. The zero-order valence-electron chi connectivity index (χ0n) is 19.4. The first-order valence-electron chi connectivity index (χ1n) is 11.4. The van der Waals surface area contributed by atoms with Crippen molar-refractivity contribution in [1.82, 2.24) is 9.78 Å². The summed E-state index contributed by atoms with van der Waals surface area (Å²) in [6.07, 6.45) is 0.808. The van der Waals surface area contributed by atoms with E-state index < -0.39 is 6.04 Å². The third kappa shape index (κ3) is 3.44. The molecule has 166 valence electrons. The molecule has 1 aromatic heterocycles. The molecule has 2 heterocycles. The van der Waals surface area contributed by atoms with Crippen LogP contribution >= 0.6 is 0 Å². The number of hydrogen-bond donors (Lipinski definition) is 0. The lowest BCUT2D eigenvalue weighted by Crippen LogP contribution is -2.43. The maximum Gasteiger partial charge on any atom is 0.275 e. The van der Waals surface area contributed by atoms with Gasteiger partial charge in [0.05, 0.1) is 11.1 Å². The maximum atomic E-state index is 13.7. The molecule has 0 saturated heterocycles. The van der Waals surface area contributed by atoms with Crippen LogP contribution in [0.25, 0.3) is 22.0 Å². The molecule has 5 heteroatoms. The molecule has 0 aliphatic carbocycles. The van der Waals surface area contributed by atoms with Crippen LogP contribution in [-0.2, 0) is 11.2 Å². The van der Waals surface area contributed by atoms with Gasteiger partial charge >= 0.3 is 0 Å². The van der Waals surface area contributed by atoms with Crippen molar-refractivity contribution in [3.63, 3.8) is 0 Å². The molecule has 1 aliphatic heterocycles. The van der Waals surface area contributed by atoms with Crippen LogP contribution in [0.3, 0.4) is 0 Å². The lowest BCUT2D eigenvalue weighted by molar-refractivity contribution is -0.121. The van der Waals surface area contributed by atoms with Gasteiger partial charge in [0.2, 0.25) is 0 Å². The average molecular weight is 438 g/mol. The van der Waals surface area contributed by atoms with E-state index >= 15 is 0 Å². The molecule has 4 aromatic rings. The van der Waals surface area contributed by atoms with Gasteiger partial charge in [0.1, 0.15) is 6.04 Å². The van der Waals surface area contributed by atoms with E-state index in [1.807, 2.05) is 68.1 Å². The lowest BCUT2D eigenvalue weighted by atomic mass is 9.99. The van der Waals surface area contributed by atoms with Crippen LogP contribution in [0.4, 0.5) is 5.69 Å². The standard InChI is InChI=1S/C28H27N3O2/c1-17-13-14-18(2)24(15-17)26-22-10-6-7-11-23(22)28(33)31(29-26)20(4)27(32)30-19(3)16-21-9-5-8-12-25(21)30/h5-15,19-20H,16H2,1-4H3. The number of aromatic nitrogens is 2. The highest BCUT2D eigenvalue weighted by Crippen LogP contribution is 2.34. The number of carbonyl (C=O) groups excluding carboxylic acids is 1. The Balaban J connectivity index is 1.67.